The summed E-state index contributed by atoms with van der Waals surface area (Å²) in [6.45, 7) is 5.51. The summed E-state index contributed by atoms with van der Waals surface area (Å²) in [5.41, 5.74) is -0.673. The molecule has 1 amide bonds. The Labute approximate surface area is 166 Å². The second kappa shape index (κ2) is 8.55. The second-order valence-electron chi connectivity index (χ2n) is 6.79. The van der Waals surface area contributed by atoms with E-state index in [1.54, 1.807) is 11.0 Å². The molecule has 5 nitrogen and oxygen atoms in total. The molecular weight excluding hydrogens is 385 g/mol. The van der Waals surface area contributed by atoms with Crippen LogP contribution in [0, 0.1) is 0 Å². The highest BCUT2D eigenvalue weighted by atomic mass is 19.4. The Kier molecular flexibility index (Phi) is 6.10. The Balaban J connectivity index is 1.68. The van der Waals surface area contributed by atoms with Gasteiger partial charge in [-0.25, -0.2) is 0 Å². The van der Waals surface area contributed by atoms with Gasteiger partial charge >= 0.3 is 6.18 Å². The molecule has 1 aliphatic heterocycles. The highest BCUT2D eigenvalue weighted by Crippen LogP contribution is 2.31. The van der Waals surface area contributed by atoms with Crippen molar-refractivity contribution in [3.05, 3.63) is 72.2 Å². The Hall–Kier alpha value is -3.03. The molecule has 0 saturated heterocycles. The first kappa shape index (κ1) is 20.7. The molecule has 3 rings (SSSR count). The van der Waals surface area contributed by atoms with Gasteiger partial charge in [-0.3, -0.25) is 4.79 Å². The lowest BCUT2D eigenvalue weighted by molar-refractivity contribution is -0.137. The minimum Gasteiger partial charge on any atom is -0.486 e. The van der Waals surface area contributed by atoms with Crippen LogP contribution >= 0.6 is 0 Å². The molecule has 0 unspecified atom stereocenters. The number of nitrogens with zero attached hydrogens (tertiary/aromatic N) is 2. The van der Waals surface area contributed by atoms with E-state index in [0.29, 0.717) is 6.42 Å². The quantitative estimate of drug-likeness (QED) is 0.633. The number of halogens is 3. The van der Waals surface area contributed by atoms with Crippen molar-refractivity contribution in [3.8, 4) is 5.75 Å². The fourth-order valence-electron chi connectivity index (χ4n) is 3.26. The van der Waals surface area contributed by atoms with Crippen LogP contribution in [-0.4, -0.2) is 28.0 Å². The van der Waals surface area contributed by atoms with E-state index in [1.807, 2.05) is 19.1 Å². The van der Waals surface area contributed by atoms with Gasteiger partial charge in [0.15, 0.2) is 11.5 Å². The molecule has 0 radical (unpaired) electrons. The third-order valence-corrected chi connectivity index (χ3v) is 4.65. The lowest BCUT2D eigenvalue weighted by atomic mass is 10.00. The number of hydrogen-bond acceptors (Lipinski definition) is 4. The van der Waals surface area contributed by atoms with Crippen molar-refractivity contribution in [2.24, 2.45) is 0 Å². The molecule has 29 heavy (non-hydrogen) atoms. The summed E-state index contributed by atoms with van der Waals surface area (Å²) in [6.07, 6.45) is 2.70. The van der Waals surface area contributed by atoms with E-state index in [1.165, 1.54) is 18.2 Å². The van der Waals surface area contributed by atoms with Gasteiger partial charge in [0.25, 0.3) is 5.91 Å². The minimum absolute atomic E-state index is 0.0125. The lowest BCUT2D eigenvalue weighted by Crippen LogP contribution is -2.47. The SMILES string of the molecule is C=CC[C@@H]1CC=C[C@@H](C)N1C(=O)c1cc(COc2cccc(C(F)(F)F)c2)on1. The summed E-state index contributed by atoms with van der Waals surface area (Å²) in [5, 5.41) is 3.81. The number of rotatable bonds is 6. The first-order valence-corrected chi connectivity index (χ1v) is 9.15. The summed E-state index contributed by atoms with van der Waals surface area (Å²) in [5.74, 6) is 0.0129. The van der Waals surface area contributed by atoms with Crippen molar-refractivity contribution < 1.29 is 27.2 Å². The molecule has 154 valence electrons. The molecular formula is C21H21F3N2O3. The molecule has 1 aromatic heterocycles. The van der Waals surface area contributed by atoms with E-state index in [0.717, 1.165) is 18.6 Å². The third kappa shape index (κ3) is 4.88. The zero-order valence-electron chi connectivity index (χ0n) is 15.9. The molecule has 0 N–H and O–H groups in total. The molecule has 2 heterocycles. The van der Waals surface area contributed by atoms with Crippen molar-refractivity contribution >= 4 is 5.91 Å². The minimum atomic E-state index is -4.45. The predicted octanol–water partition coefficient (Wildman–Crippen LogP) is 5.01. The van der Waals surface area contributed by atoms with Crippen molar-refractivity contribution in [3.63, 3.8) is 0 Å². The van der Waals surface area contributed by atoms with Gasteiger partial charge in [-0.2, -0.15) is 13.2 Å². The molecule has 0 saturated carbocycles. The largest absolute Gasteiger partial charge is 0.486 e. The first-order valence-electron chi connectivity index (χ1n) is 9.15. The number of carbonyl (C=O) groups excluding carboxylic acids is 1. The topological polar surface area (TPSA) is 55.6 Å². The molecule has 8 heteroatoms. The van der Waals surface area contributed by atoms with E-state index >= 15 is 0 Å². The monoisotopic (exact) mass is 406 g/mol. The highest BCUT2D eigenvalue weighted by Gasteiger charge is 2.32. The number of aromatic nitrogens is 1. The number of carbonyl (C=O) groups is 1. The van der Waals surface area contributed by atoms with Crippen molar-refractivity contribution in [1.29, 1.82) is 0 Å². The molecule has 0 spiro atoms. The maximum absolute atomic E-state index is 12.9. The predicted molar refractivity (Wildman–Crippen MR) is 100 cm³/mol. The summed E-state index contributed by atoms with van der Waals surface area (Å²) in [7, 11) is 0. The lowest BCUT2D eigenvalue weighted by Gasteiger charge is -2.36. The molecule has 0 bridgehead atoms. The Morgan fingerprint density at radius 3 is 2.93 bits per heavy atom. The fourth-order valence-corrected chi connectivity index (χ4v) is 3.26. The summed E-state index contributed by atoms with van der Waals surface area (Å²) < 4.78 is 48.9. The van der Waals surface area contributed by atoms with Crippen LogP contribution in [0.25, 0.3) is 0 Å². The van der Waals surface area contributed by atoms with Crippen molar-refractivity contribution in [2.45, 2.75) is 44.6 Å². The highest BCUT2D eigenvalue weighted by molar-refractivity contribution is 5.93. The van der Waals surface area contributed by atoms with E-state index in [9.17, 15) is 18.0 Å². The maximum atomic E-state index is 12.9. The smallest absolute Gasteiger partial charge is 0.416 e. The second-order valence-corrected chi connectivity index (χ2v) is 6.79. The number of ether oxygens (including phenoxy) is 1. The number of benzene rings is 1. The standard InChI is InChI=1S/C21H21F3N2O3/c1-3-6-16-9-4-7-14(2)26(16)20(27)19-12-18(29-25-19)13-28-17-10-5-8-15(11-17)21(22,23)24/h3-5,7-8,10-12,14,16H,1,6,9,13H2,2H3/t14-,16-/m1/s1. The normalized spacial score (nSPS) is 19.2. The molecule has 0 aliphatic carbocycles. The summed E-state index contributed by atoms with van der Waals surface area (Å²) in [6, 6.07) is 5.89. The van der Waals surface area contributed by atoms with Crippen LogP contribution in [0.5, 0.6) is 5.75 Å². The van der Waals surface area contributed by atoms with Crippen LogP contribution in [0.4, 0.5) is 13.2 Å². The van der Waals surface area contributed by atoms with Gasteiger partial charge in [-0.1, -0.05) is 29.5 Å². The van der Waals surface area contributed by atoms with Gasteiger partial charge in [0, 0.05) is 18.2 Å². The van der Waals surface area contributed by atoms with E-state index in [-0.39, 0.29) is 41.8 Å². The number of amides is 1. The van der Waals surface area contributed by atoms with Gasteiger partial charge in [-0.05, 0) is 38.0 Å². The van der Waals surface area contributed by atoms with Crippen molar-refractivity contribution in [2.75, 3.05) is 0 Å². The van der Waals surface area contributed by atoms with Gasteiger partial charge in [-0.15, -0.1) is 6.58 Å². The Bertz CT molecular complexity index is 905. The Morgan fingerprint density at radius 2 is 2.21 bits per heavy atom. The van der Waals surface area contributed by atoms with Crippen LogP contribution in [0.15, 0.2) is 59.7 Å². The summed E-state index contributed by atoms with van der Waals surface area (Å²) >= 11 is 0. The van der Waals surface area contributed by atoms with Crippen LogP contribution in [-0.2, 0) is 12.8 Å². The van der Waals surface area contributed by atoms with Crippen molar-refractivity contribution in [1.82, 2.24) is 10.1 Å². The third-order valence-electron chi connectivity index (χ3n) is 4.65. The first-order chi connectivity index (χ1) is 13.8. The molecule has 0 fully saturated rings. The molecule has 1 aliphatic rings. The van der Waals surface area contributed by atoms with Gasteiger partial charge in [0.1, 0.15) is 12.4 Å². The van der Waals surface area contributed by atoms with Gasteiger partial charge < -0.3 is 14.2 Å². The fraction of sp³-hybridized carbons (Fsp3) is 0.333. The van der Waals surface area contributed by atoms with E-state index < -0.39 is 11.7 Å². The molecule has 2 atom stereocenters. The van der Waals surface area contributed by atoms with Crippen LogP contribution < -0.4 is 4.74 Å². The zero-order valence-corrected chi connectivity index (χ0v) is 15.9. The average molecular weight is 406 g/mol. The number of hydrogen-bond donors (Lipinski definition) is 0. The van der Waals surface area contributed by atoms with Crippen LogP contribution in [0.2, 0.25) is 0 Å². The number of alkyl halides is 3. The van der Waals surface area contributed by atoms with Gasteiger partial charge in [0.05, 0.1) is 5.56 Å². The van der Waals surface area contributed by atoms with E-state index in [4.69, 9.17) is 9.26 Å². The van der Waals surface area contributed by atoms with E-state index in [2.05, 4.69) is 11.7 Å². The Morgan fingerprint density at radius 1 is 1.41 bits per heavy atom. The van der Waals surface area contributed by atoms with Crippen LogP contribution in [0.1, 0.15) is 41.6 Å². The van der Waals surface area contributed by atoms with Crippen LogP contribution in [0.3, 0.4) is 0 Å². The summed E-state index contributed by atoms with van der Waals surface area (Å²) in [4.78, 5) is 14.6. The maximum Gasteiger partial charge on any atom is 0.416 e. The average Bonchev–Trinajstić information content (AvgIpc) is 3.15. The molecule has 1 aromatic carbocycles. The zero-order chi connectivity index (χ0) is 21.0. The molecule has 2 aromatic rings. The van der Waals surface area contributed by atoms with Gasteiger partial charge in [0.2, 0.25) is 0 Å².